The van der Waals surface area contributed by atoms with E-state index in [-0.39, 0.29) is 23.0 Å². The summed E-state index contributed by atoms with van der Waals surface area (Å²) in [4.78, 5) is 17.1. The van der Waals surface area contributed by atoms with Gasteiger partial charge in [-0.2, -0.15) is 5.10 Å². The number of Topliss-reactive ketones (excluding diaryl/α,β-unsaturated/α-hetero) is 1. The number of hydrogen-bond donors (Lipinski definition) is 0. The lowest BCUT2D eigenvalue weighted by atomic mass is 9.80. The second-order valence-electron chi connectivity index (χ2n) is 6.07. The highest BCUT2D eigenvalue weighted by Gasteiger charge is 2.31. The number of halogens is 2. The number of ketones is 1. The standard InChI is InChI=1S/C18H15F2N3O2/c1-25-18-12(19)8-11(9-13(18)20)16-15(17(24)10-4-2-5-10)22-14-6-3-7-21-23(14)16/h3,6-10H,2,4-5H2,1H3. The van der Waals surface area contributed by atoms with Gasteiger partial charge in [-0.3, -0.25) is 4.79 Å². The molecular weight excluding hydrogens is 328 g/mol. The highest BCUT2D eigenvalue weighted by Crippen LogP contribution is 2.35. The molecule has 1 saturated carbocycles. The van der Waals surface area contributed by atoms with Crippen LogP contribution in [0.25, 0.3) is 16.9 Å². The molecule has 0 amide bonds. The van der Waals surface area contributed by atoms with Crippen molar-refractivity contribution in [2.24, 2.45) is 5.92 Å². The molecule has 0 saturated heterocycles. The van der Waals surface area contributed by atoms with Crippen LogP contribution in [0.3, 0.4) is 0 Å². The quantitative estimate of drug-likeness (QED) is 0.678. The maximum absolute atomic E-state index is 14.2. The normalized spacial score (nSPS) is 14.5. The average molecular weight is 343 g/mol. The SMILES string of the molecule is COc1c(F)cc(-c2c(C(=O)C3CCC3)nc3cccnn23)cc1F. The molecule has 128 valence electrons. The number of methoxy groups -OCH3 is 1. The summed E-state index contributed by atoms with van der Waals surface area (Å²) in [5, 5.41) is 4.19. The zero-order chi connectivity index (χ0) is 17.6. The fraction of sp³-hybridized carbons (Fsp3) is 0.278. The largest absolute Gasteiger partial charge is 0.491 e. The molecule has 2 aromatic heterocycles. The van der Waals surface area contributed by atoms with Crippen LogP contribution in [0.4, 0.5) is 8.78 Å². The number of carbonyl (C=O) groups excluding carboxylic acids is 1. The zero-order valence-electron chi connectivity index (χ0n) is 13.5. The van der Waals surface area contributed by atoms with Crippen molar-refractivity contribution in [2.75, 3.05) is 7.11 Å². The molecule has 0 bridgehead atoms. The zero-order valence-corrected chi connectivity index (χ0v) is 13.5. The van der Waals surface area contributed by atoms with E-state index in [4.69, 9.17) is 4.74 Å². The Hall–Kier alpha value is -2.83. The molecule has 1 aliphatic rings. The van der Waals surface area contributed by atoms with E-state index in [0.717, 1.165) is 31.4 Å². The molecule has 1 aromatic carbocycles. The molecule has 2 heterocycles. The summed E-state index contributed by atoms with van der Waals surface area (Å²) < 4.78 is 34.5. The van der Waals surface area contributed by atoms with E-state index in [1.54, 1.807) is 12.1 Å². The first kappa shape index (κ1) is 15.7. The van der Waals surface area contributed by atoms with Gasteiger partial charge in [-0.25, -0.2) is 18.3 Å². The second kappa shape index (κ2) is 5.91. The van der Waals surface area contributed by atoms with Crippen molar-refractivity contribution in [3.8, 4) is 17.0 Å². The number of ether oxygens (including phenoxy) is 1. The Labute approximate surface area is 142 Å². The lowest BCUT2D eigenvalue weighted by Crippen LogP contribution is -2.23. The van der Waals surface area contributed by atoms with E-state index in [0.29, 0.717) is 11.3 Å². The monoisotopic (exact) mass is 343 g/mol. The van der Waals surface area contributed by atoms with Crippen molar-refractivity contribution in [1.29, 1.82) is 0 Å². The average Bonchev–Trinajstić information content (AvgIpc) is 2.92. The van der Waals surface area contributed by atoms with E-state index in [1.807, 2.05) is 0 Å². The second-order valence-corrected chi connectivity index (χ2v) is 6.07. The molecule has 0 spiro atoms. The number of rotatable bonds is 4. The van der Waals surface area contributed by atoms with Gasteiger partial charge in [-0.05, 0) is 37.1 Å². The Morgan fingerprint density at radius 3 is 2.60 bits per heavy atom. The summed E-state index contributed by atoms with van der Waals surface area (Å²) in [5.41, 5.74) is 1.15. The first-order valence-electron chi connectivity index (χ1n) is 8.01. The lowest BCUT2D eigenvalue weighted by Gasteiger charge is -2.23. The summed E-state index contributed by atoms with van der Waals surface area (Å²) in [6.45, 7) is 0. The summed E-state index contributed by atoms with van der Waals surface area (Å²) in [6.07, 6.45) is 4.16. The van der Waals surface area contributed by atoms with Crippen molar-refractivity contribution in [3.05, 3.63) is 47.8 Å². The Morgan fingerprint density at radius 1 is 1.28 bits per heavy atom. The highest BCUT2D eigenvalue weighted by molar-refractivity contribution is 6.02. The van der Waals surface area contributed by atoms with E-state index >= 15 is 0 Å². The van der Waals surface area contributed by atoms with Crippen LogP contribution in [0.5, 0.6) is 5.75 Å². The van der Waals surface area contributed by atoms with Gasteiger partial charge in [-0.15, -0.1) is 0 Å². The maximum atomic E-state index is 14.2. The summed E-state index contributed by atoms with van der Waals surface area (Å²) in [6, 6.07) is 5.67. The molecule has 4 rings (SSSR count). The van der Waals surface area contributed by atoms with Crippen molar-refractivity contribution < 1.29 is 18.3 Å². The minimum atomic E-state index is -0.842. The van der Waals surface area contributed by atoms with Crippen LogP contribution in [0, 0.1) is 17.6 Å². The molecule has 0 atom stereocenters. The Balaban J connectivity index is 1.95. The number of imidazole rings is 1. The predicted molar refractivity (Wildman–Crippen MR) is 86.6 cm³/mol. The van der Waals surface area contributed by atoms with Gasteiger partial charge < -0.3 is 4.74 Å². The van der Waals surface area contributed by atoms with Crippen LogP contribution < -0.4 is 4.74 Å². The minimum Gasteiger partial charge on any atom is -0.491 e. The van der Waals surface area contributed by atoms with Crippen molar-refractivity contribution in [3.63, 3.8) is 0 Å². The van der Waals surface area contributed by atoms with E-state index < -0.39 is 17.4 Å². The Morgan fingerprint density at radius 2 is 2.00 bits per heavy atom. The number of benzene rings is 1. The van der Waals surface area contributed by atoms with Gasteiger partial charge in [0.25, 0.3) is 0 Å². The molecule has 7 heteroatoms. The van der Waals surface area contributed by atoms with Gasteiger partial charge in [-0.1, -0.05) is 6.42 Å². The number of fused-ring (bicyclic) bond motifs is 1. The van der Waals surface area contributed by atoms with E-state index in [9.17, 15) is 13.6 Å². The van der Waals surface area contributed by atoms with Crippen molar-refractivity contribution >= 4 is 11.4 Å². The molecule has 0 radical (unpaired) electrons. The van der Waals surface area contributed by atoms with Gasteiger partial charge in [0, 0.05) is 17.7 Å². The van der Waals surface area contributed by atoms with Gasteiger partial charge in [0.15, 0.2) is 28.8 Å². The van der Waals surface area contributed by atoms with Crippen LogP contribution in [0.1, 0.15) is 29.8 Å². The number of nitrogens with zero attached hydrogens (tertiary/aromatic N) is 3. The van der Waals surface area contributed by atoms with Gasteiger partial charge in [0.05, 0.1) is 7.11 Å². The molecule has 0 aliphatic heterocycles. The molecule has 0 N–H and O–H groups in total. The topological polar surface area (TPSA) is 56.5 Å². The first-order chi connectivity index (χ1) is 12.1. The molecular formula is C18H15F2N3O2. The Kier molecular flexibility index (Phi) is 3.71. The molecule has 1 fully saturated rings. The highest BCUT2D eigenvalue weighted by atomic mass is 19.1. The fourth-order valence-corrected chi connectivity index (χ4v) is 3.07. The minimum absolute atomic E-state index is 0.0865. The van der Waals surface area contributed by atoms with Crippen LogP contribution in [-0.2, 0) is 0 Å². The molecule has 5 nitrogen and oxygen atoms in total. The molecule has 0 unspecified atom stereocenters. The Bertz CT molecular complexity index is 957. The van der Waals surface area contributed by atoms with Gasteiger partial charge >= 0.3 is 0 Å². The van der Waals surface area contributed by atoms with Crippen LogP contribution >= 0.6 is 0 Å². The van der Waals surface area contributed by atoms with Gasteiger partial charge in [0.2, 0.25) is 0 Å². The van der Waals surface area contributed by atoms with Gasteiger partial charge in [0.1, 0.15) is 11.4 Å². The van der Waals surface area contributed by atoms with Crippen LogP contribution in [0.15, 0.2) is 30.5 Å². The lowest BCUT2D eigenvalue weighted by molar-refractivity contribution is 0.0851. The summed E-state index contributed by atoms with van der Waals surface area (Å²) >= 11 is 0. The molecule has 1 aliphatic carbocycles. The number of carbonyl (C=O) groups is 1. The third-order valence-electron chi connectivity index (χ3n) is 4.58. The third kappa shape index (κ3) is 2.47. The van der Waals surface area contributed by atoms with E-state index in [1.165, 1.54) is 17.8 Å². The summed E-state index contributed by atoms with van der Waals surface area (Å²) in [7, 11) is 1.20. The van der Waals surface area contributed by atoms with Crippen LogP contribution in [-0.4, -0.2) is 27.5 Å². The van der Waals surface area contributed by atoms with Crippen molar-refractivity contribution in [2.45, 2.75) is 19.3 Å². The van der Waals surface area contributed by atoms with Crippen molar-refractivity contribution in [1.82, 2.24) is 14.6 Å². The molecule has 25 heavy (non-hydrogen) atoms. The third-order valence-corrected chi connectivity index (χ3v) is 4.58. The summed E-state index contributed by atoms with van der Waals surface area (Å²) in [5.74, 6) is -2.34. The smallest absolute Gasteiger partial charge is 0.190 e. The maximum Gasteiger partial charge on any atom is 0.190 e. The van der Waals surface area contributed by atoms with E-state index in [2.05, 4.69) is 10.1 Å². The van der Waals surface area contributed by atoms with Crippen LogP contribution in [0.2, 0.25) is 0 Å². The number of aromatic nitrogens is 3. The fourth-order valence-electron chi connectivity index (χ4n) is 3.07. The number of hydrogen-bond acceptors (Lipinski definition) is 4. The predicted octanol–water partition coefficient (Wildman–Crippen LogP) is 3.67. The first-order valence-corrected chi connectivity index (χ1v) is 8.01. The molecule has 3 aromatic rings.